The maximum atomic E-state index is 12.9. The van der Waals surface area contributed by atoms with Crippen LogP contribution in [0.15, 0.2) is 36.9 Å². The fraction of sp³-hybridized carbons (Fsp3) is 0.529. The third-order valence-corrected chi connectivity index (χ3v) is 4.31. The lowest BCUT2D eigenvalue weighted by atomic mass is 10.0. The number of aliphatic hydroxyl groups excluding tert-OH is 1. The van der Waals surface area contributed by atoms with E-state index in [1.54, 1.807) is 24.8 Å². The molecule has 130 valence electrons. The van der Waals surface area contributed by atoms with Crippen molar-refractivity contribution in [2.24, 2.45) is 0 Å². The Morgan fingerprint density at radius 2 is 2.12 bits per heavy atom. The Kier molecular flexibility index (Phi) is 5.77. The predicted octanol–water partition coefficient (Wildman–Crippen LogP) is 1.71. The molecule has 6 nitrogen and oxygen atoms in total. The first-order valence-corrected chi connectivity index (χ1v) is 8.33. The normalized spacial score (nSPS) is 20.0. The summed E-state index contributed by atoms with van der Waals surface area (Å²) in [4.78, 5) is 6.28. The number of hydrogen-bond donors (Lipinski definition) is 1. The van der Waals surface area contributed by atoms with Gasteiger partial charge in [-0.05, 0) is 43.7 Å². The number of piperidine rings is 1. The van der Waals surface area contributed by atoms with E-state index in [4.69, 9.17) is 4.74 Å². The van der Waals surface area contributed by atoms with Gasteiger partial charge in [0.2, 0.25) is 0 Å². The minimum atomic E-state index is -0.591. The molecule has 0 amide bonds. The molecule has 1 aromatic carbocycles. The number of aliphatic hydroxyl groups is 1. The minimum absolute atomic E-state index is 0.193. The fourth-order valence-corrected chi connectivity index (χ4v) is 3.10. The Labute approximate surface area is 140 Å². The van der Waals surface area contributed by atoms with Gasteiger partial charge in [0.25, 0.3) is 0 Å². The predicted molar refractivity (Wildman–Crippen MR) is 87.1 cm³/mol. The van der Waals surface area contributed by atoms with E-state index in [2.05, 4.69) is 15.0 Å². The Bertz CT molecular complexity index is 606. The van der Waals surface area contributed by atoms with Crippen molar-refractivity contribution < 1.29 is 14.2 Å². The molecule has 0 bridgehead atoms. The number of ether oxygens (including phenoxy) is 1. The molecule has 1 N–H and O–H groups in total. The van der Waals surface area contributed by atoms with E-state index in [0.29, 0.717) is 18.3 Å². The molecule has 0 aliphatic carbocycles. The largest absolute Gasteiger partial charge is 0.491 e. The van der Waals surface area contributed by atoms with Crippen molar-refractivity contribution in [3.05, 3.63) is 42.7 Å². The van der Waals surface area contributed by atoms with E-state index in [9.17, 15) is 9.50 Å². The van der Waals surface area contributed by atoms with Gasteiger partial charge in [0, 0.05) is 12.6 Å². The number of aromatic nitrogens is 3. The van der Waals surface area contributed by atoms with Gasteiger partial charge in [-0.25, -0.2) is 9.37 Å². The van der Waals surface area contributed by atoms with Crippen LogP contribution >= 0.6 is 0 Å². The van der Waals surface area contributed by atoms with Crippen molar-refractivity contribution in [2.45, 2.75) is 38.0 Å². The van der Waals surface area contributed by atoms with Gasteiger partial charge in [-0.1, -0.05) is 6.42 Å². The van der Waals surface area contributed by atoms with Gasteiger partial charge in [-0.3, -0.25) is 9.58 Å². The zero-order valence-corrected chi connectivity index (χ0v) is 13.6. The topological polar surface area (TPSA) is 63.4 Å². The first-order chi connectivity index (χ1) is 11.7. The lowest BCUT2D eigenvalue weighted by molar-refractivity contribution is 0.0345. The van der Waals surface area contributed by atoms with Crippen molar-refractivity contribution in [2.75, 3.05) is 19.7 Å². The van der Waals surface area contributed by atoms with Gasteiger partial charge in [0.05, 0.1) is 6.54 Å². The number of rotatable bonds is 7. The number of β-amino-alcohol motifs (C(OH)–C–C–N with tert-alkyl or cyclic N) is 1. The Balaban J connectivity index is 1.49. The molecule has 1 saturated heterocycles. The third kappa shape index (κ3) is 4.75. The molecular formula is C17H23FN4O2. The molecule has 1 aliphatic rings. The first-order valence-electron chi connectivity index (χ1n) is 8.33. The second kappa shape index (κ2) is 8.21. The van der Waals surface area contributed by atoms with Crippen LogP contribution in [0.5, 0.6) is 5.75 Å². The summed E-state index contributed by atoms with van der Waals surface area (Å²) in [6, 6.07) is 6.18. The number of benzene rings is 1. The first kappa shape index (κ1) is 16.9. The molecule has 24 heavy (non-hydrogen) atoms. The third-order valence-electron chi connectivity index (χ3n) is 4.31. The van der Waals surface area contributed by atoms with Crippen LogP contribution in [-0.4, -0.2) is 56.6 Å². The minimum Gasteiger partial charge on any atom is -0.491 e. The molecule has 3 rings (SSSR count). The van der Waals surface area contributed by atoms with E-state index in [-0.39, 0.29) is 12.4 Å². The number of hydrogen-bond acceptors (Lipinski definition) is 5. The van der Waals surface area contributed by atoms with E-state index in [1.165, 1.54) is 18.6 Å². The second-order valence-electron chi connectivity index (χ2n) is 6.18. The molecule has 0 radical (unpaired) electrons. The van der Waals surface area contributed by atoms with Gasteiger partial charge in [0.1, 0.15) is 36.9 Å². The second-order valence-corrected chi connectivity index (χ2v) is 6.18. The standard InChI is InChI=1S/C17H23FN4O2/c18-14-4-6-17(7-5-14)24-11-16(23)10-21-8-2-1-3-15(21)9-22-13-19-12-20-22/h4-7,12-13,15-16,23H,1-3,8-11H2/t15-,16+/m1/s1. The van der Waals surface area contributed by atoms with Gasteiger partial charge in [0.15, 0.2) is 0 Å². The SMILES string of the molecule is O[C@H](COc1ccc(F)cc1)CN1CCCC[C@@H]1Cn1cncn1. The number of likely N-dealkylation sites (tertiary alicyclic amines) is 1. The van der Waals surface area contributed by atoms with Gasteiger partial charge in [-0.15, -0.1) is 0 Å². The average molecular weight is 334 g/mol. The molecule has 0 saturated carbocycles. The highest BCUT2D eigenvalue weighted by molar-refractivity contribution is 5.22. The zero-order valence-electron chi connectivity index (χ0n) is 13.6. The monoisotopic (exact) mass is 334 g/mol. The summed E-state index contributed by atoms with van der Waals surface area (Å²) in [6.45, 7) is 2.50. The molecule has 0 unspecified atom stereocenters. The zero-order chi connectivity index (χ0) is 16.8. The molecule has 2 aromatic rings. The molecule has 0 spiro atoms. The molecule has 1 fully saturated rings. The number of nitrogens with zero attached hydrogens (tertiary/aromatic N) is 4. The molecule has 2 heterocycles. The van der Waals surface area contributed by atoms with E-state index in [0.717, 1.165) is 25.9 Å². The van der Waals surface area contributed by atoms with Crippen molar-refractivity contribution in [3.63, 3.8) is 0 Å². The summed E-state index contributed by atoms with van der Waals surface area (Å²) in [5.41, 5.74) is 0. The average Bonchev–Trinajstić information content (AvgIpc) is 3.09. The van der Waals surface area contributed by atoms with E-state index >= 15 is 0 Å². The van der Waals surface area contributed by atoms with Crippen LogP contribution in [0, 0.1) is 5.82 Å². The lowest BCUT2D eigenvalue weighted by Crippen LogP contribution is -2.46. The number of halogens is 1. The molecule has 2 atom stereocenters. The van der Waals surface area contributed by atoms with Gasteiger partial charge < -0.3 is 9.84 Å². The van der Waals surface area contributed by atoms with Gasteiger partial charge >= 0.3 is 0 Å². The van der Waals surface area contributed by atoms with Crippen LogP contribution in [0.4, 0.5) is 4.39 Å². The summed E-state index contributed by atoms with van der Waals surface area (Å²) in [7, 11) is 0. The van der Waals surface area contributed by atoms with Crippen LogP contribution < -0.4 is 4.74 Å². The smallest absolute Gasteiger partial charge is 0.137 e. The van der Waals surface area contributed by atoms with Gasteiger partial charge in [-0.2, -0.15) is 5.10 Å². The molecule has 1 aromatic heterocycles. The highest BCUT2D eigenvalue weighted by atomic mass is 19.1. The lowest BCUT2D eigenvalue weighted by Gasteiger charge is -2.36. The summed E-state index contributed by atoms with van der Waals surface area (Å²) in [6.07, 6.45) is 6.09. The fourth-order valence-electron chi connectivity index (χ4n) is 3.10. The maximum absolute atomic E-state index is 12.9. The summed E-state index contributed by atoms with van der Waals surface area (Å²) < 4.78 is 20.2. The van der Waals surface area contributed by atoms with Crippen LogP contribution in [-0.2, 0) is 6.54 Å². The Hall–Kier alpha value is -1.99. The highest BCUT2D eigenvalue weighted by Crippen LogP contribution is 2.19. The summed E-state index contributed by atoms with van der Waals surface area (Å²) in [5.74, 6) is 0.264. The maximum Gasteiger partial charge on any atom is 0.137 e. The quantitative estimate of drug-likeness (QED) is 0.835. The van der Waals surface area contributed by atoms with Crippen molar-refractivity contribution in [3.8, 4) is 5.75 Å². The van der Waals surface area contributed by atoms with E-state index in [1.807, 2.05) is 4.68 Å². The van der Waals surface area contributed by atoms with Crippen LogP contribution in [0.2, 0.25) is 0 Å². The van der Waals surface area contributed by atoms with Crippen LogP contribution in [0.25, 0.3) is 0 Å². The molecule has 1 aliphatic heterocycles. The summed E-state index contributed by atoms with van der Waals surface area (Å²) in [5, 5.41) is 14.5. The van der Waals surface area contributed by atoms with Crippen LogP contribution in [0.1, 0.15) is 19.3 Å². The van der Waals surface area contributed by atoms with Crippen molar-refractivity contribution in [1.29, 1.82) is 0 Å². The summed E-state index contributed by atoms with van der Waals surface area (Å²) >= 11 is 0. The Morgan fingerprint density at radius 1 is 1.29 bits per heavy atom. The van der Waals surface area contributed by atoms with Crippen molar-refractivity contribution >= 4 is 0 Å². The molecule has 7 heteroatoms. The molecular weight excluding hydrogens is 311 g/mol. The van der Waals surface area contributed by atoms with E-state index < -0.39 is 6.10 Å². The Morgan fingerprint density at radius 3 is 2.88 bits per heavy atom. The highest BCUT2D eigenvalue weighted by Gasteiger charge is 2.25. The van der Waals surface area contributed by atoms with Crippen molar-refractivity contribution in [1.82, 2.24) is 19.7 Å². The van der Waals surface area contributed by atoms with Crippen LogP contribution in [0.3, 0.4) is 0 Å².